The highest BCUT2D eigenvalue weighted by Crippen LogP contribution is 2.22. The predicted molar refractivity (Wildman–Crippen MR) is 79.2 cm³/mol. The zero-order chi connectivity index (χ0) is 14.8. The first-order chi connectivity index (χ1) is 9.40. The number of rotatable bonds is 4. The average Bonchev–Trinajstić information content (AvgIpc) is 2.41. The van der Waals surface area contributed by atoms with Gasteiger partial charge in [-0.05, 0) is 47.1 Å². The van der Waals surface area contributed by atoms with Gasteiger partial charge in [-0.15, -0.1) is 0 Å². The van der Waals surface area contributed by atoms with Gasteiger partial charge >= 0.3 is 0 Å². The molecule has 0 aliphatic rings. The number of anilines is 1. The highest BCUT2D eigenvalue weighted by molar-refractivity contribution is 9.10. The fourth-order valence-corrected chi connectivity index (χ4v) is 3.03. The quantitative estimate of drug-likeness (QED) is 0.856. The van der Waals surface area contributed by atoms with Crippen molar-refractivity contribution in [2.45, 2.75) is 11.8 Å². The monoisotopic (exact) mass is 354 g/mol. The Morgan fingerprint density at radius 1 is 1.20 bits per heavy atom. The molecule has 0 unspecified atom stereocenters. The van der Waals surface area contributed by atoms with Crippen LogP contribution >= 0.6 is 15.9 Å². The van der Waals surface area contributed by atoms with Crippen LogP contribution in [0.3, 0.4) is 0 Å². The molecule has 0 radical (unpaired) electrons. The number of aromatic nitrogens is 1. The number of halogens is 1. The minimum Gasteiger partial charge on any atom is -0.295 e. The van der Waals surface area contributed by atoms with Crippen molar-refractivity contribution in [2.24, 2.45) is 0 Å². The van der Waals surface area contributed by atoms with E-state index in [1.54, 1.807) is 12.1 Å². The Morgan fingerprint density at radius 3 is 2.40 bits per heavy atom. The van der Waals surface area contributed by atoms with Crippen LogP contribution in [0.1, 0.15) is 17.3 Å². The smallest absolute Gasteiger partial charge is 0.263 e. The molecule has 0 amide bonds. The van der Waals surface area contributed by atoms with Crippen LogP contribution in [0.2, 0.25) is 0 Å². The van der Waals surface area contributed by atoms with Crippen molar-refractivity contribution in [1.29, 1.82) is 0 Å². The molecule has 1 aromatic heterocycles. The van der Waals surface area contributed by atoms with E-state index >= 15 is 0 Å². The van der Waals surface area contributed by atoms with Gasteiger partial charge in [0.25, 0.3) is 10.0 Å². The topological polar surface area (TPSA) is 76.1 Å². The van der Waals surface area contributed by atoms with Crippen molar-refractivity contribution < 1.29 is 13.2 Å². The number of pyridine rings is 1. The lowest BCUT2D eigenvalue weighted by molar-refractivity contribution is 0.101. The molecular weight excluding hydrogens is 344 g/mol. The first-order valence-electron chi connectivity index (χ1n) is 5.64. The number of carbonyl (C=O) groups excluding carboxylic acids is 1. The number of carbonyl (C=O) groups is 1. The molecule has 0 saturated carbocycles. The van der Waals surface area contributed by atoms with Crippen LogP contribution in [0.4, 0.5) is 5.82 Å². The zero-order valence-corrected chi connectivity index (χ0v) is 12.9. The van der Waals surface area contributed by atoms with Crippen molar-refractivity contribution in [2.75, 3.05) is 4.72 Å². The van der Waals surface area contributed by atoms with E-state index in [0.717, 1.165) is 0 Å². The molecule has 0 fully saturated rings. The number of nitrogens with one attached hydrogen (secondary N) is 1. The molecule has 7 heteroatoms. The summed E-state index contributed by atoms with van der Waals surface area (Å²) in [5.74, 6) is 0.0949. The maximum absolute atomic E-state index is 12.2. The average molecular weight is 355 g/mol. The van der Waals surface area contributed by atoms with E-state index in [1.165, 1.54) is 37.4 Å². The first-order valence-corrected chi connectivity index (χ1v) is 7.92. The van der Waals surface area contributed by atoms with Crippen molar-refractivity contribution in [3.63, 3.8) is 0 Å². The summed E-state index contributed by atoms with van der Waals surface area (Å²) in [5.41, 5.74) is 0.461. The van der Waals surface area contributed by atoms with Gasteiger partial charge in [0.05, 0.1) is 9.37 Å². The van der Waals surface area contributed by atoms with Gasteiger partial charge in [0, 0.05) is 11.8 Å². The lowest BCUT2D eigenvalue weighted by Gasteiger charge is -2.08. The molecule has 5 nitrogen and oxygen atoms in total. The Balaban J connectivity index is 2.31. The Morgan fingerprint density at radius 2 is 1.85 bits per heavy atom. The van der Waals surface area contributed by atoms with Crippen molar-refractivity contribution >= 4 is 37.6 Å². The van der Waals surface area contributed by atoms with Gasteiger partial charge in [0.15, 0.2) is 11.6 Å². The second-order valence-electron chi connectivity index (χ2n) is 4.02. The Labute approximate surface area is 125 Å². The van der Waals surface area contributed by atoms with E-state index in [1.807, 2.05) is 0 Å². The lowest BCUT2D eigenvalue weighted by atomic mass is 10.2. The van der Waals surface area contributed by atoms with Crippen LogP contribution in [0.15, 0.2) is 52.0 Å². The Hall–Kier alpha value is -1.73. The fourth-order valence-electron chi connectivity index (χ4n) is 1.52. The molecule has 2 rings (SSSR count). The number of Topliss-reactive ketones (excluding diaryl/α,β-unsaturated/α-hetero) is 1. The van der Waals surface area contributed by atoms with Gasteiger partial charge in [0.1, 0.15) is 0 Å². The van der Waals surface area contributed by atoms with Gasteiger partial charge in [-0.1, -0.05) is 12.1 Å². The number of nitrogens with zero attached hydrogens (tertiary/aromatic N) is 1. The summed E-state index contributed by atoms with van der Waals surface area (Å²) in [5, 5.41) is 0. The van der Waals surface area contributed by atoms with Crippen molar-refractivity contribution in [3.05, 3.63) is 52.6 Å². The van der Waals surface area contributed by atoms with Gasteiger partial charge < -0.3 is 0 Å². The molecule has 0 spiro atoms. The molecule has 1 N–H and O–H groups in total. The molecule has 0 aliphatic carbocycles. The third-order valence-electron chi connectivity index (χ3n) is 2.56. The number of hydrogen-bond donors (Lipinski definition) is 1. The first kappa shape index (κ1) is 14.7. The number of benzene rings is 1. The highest BCUT2D eigenvalue weighted by Gasteiger charge is 2.16. The Bertz CT molecular complexity index is 742. The summed E-state index contributed by atoms with van der Waals surface area (Å²) in [4.78, 5) is 15.2. The maximum Gasteiger partial charge on any atom is 0.263 e. The highest BCUT2D eigenvalue weighted by atomic mass is 79.9. The molecule has 104 valence electrons. The Kier molecular flexibility index (Phi) is 4.20. The van der Waals surface area contributed by atoms with Gasteiger partial charge in [-0.3, -0.25) is 9.52 Å². The zero-order valence-electron chi connectivity index (χ0n) is 10.5. The predicted octanol–water partition coefficient (Wildman–Crippen LogP) is 2.85. The van der Waals surface area contributed by atoms with Crippen LogP contribution in [0.25, 0.3) is 0 Å². The van der Waals surface area contributed by atoms with Crippen LogP contribution < -0.4 is 4.72 Å². The summed E-state index contributed by atoms with van der Waals surface area (Å²) in [6, 6.07) is 9.09. The van der Waals surface area contributed by atoms with E-state index in [0.29, 0.717) is 10.0 Å². The summed E-state index contributed by atoms with van der Waals surface area (Å²) in [6.07, 6.45) is 1.49. The molecule has 1 aromatic carbocycles. The molecule has 2 aromatic rings. The van der Waals surface area contributed by atoms with Crippen LogP contribution in [0, 0.1) is 0 Å². The van der Waals surface area contributed by atoms with Crippen LogP contribution in [0.5, 0.6) is 0 Å². The lowest BCUT2D eigenvalue weighted by Crippen LogP contribution is -2.14. The summed E-state index contributed by atoms with van der Waals surface area (Å²) in [6.45, 7) is 1.42. The SMILES string of the molecule is CC(=O)c1ccc(S(=O)(=O)Nc2ncccc2Br)cc1. The second kappa shape index (κ2) is 5.72. The van der Waals surface area contributed by atoms with E-state index in [4.69, 9.17) is 0 Å². The van der Waals surface area contributed by atoms with E-state index in [2.05, 4.69) is 25.6 Å². The van der Waals surface area contributed by atoms with Gasteiger partial charge in [-0.25, -0.2) is 13.4 Å². The normalized spacial score (nSPS) is 11.1. The number of hydrogen-bond acceptors (Lipinski definition) is 4. The molecule has 0 bridgehead atoms. The third kappa shape index (κ3) is 3.23. The van der Waals surface area contributed by atoms with Gasteiger partial charge in [0.2, 0.25) is 0 Å². The summed E-state index contributed by atoms with van der Waals surface area (Å²) < 4.78 is 27.3. The molecule has 0 aliphatic heterocycles. The number of ketones is 1. The van der Waals surface area contributed by atoms with E-state index < -0.39 is 10.0 Å². The molecule has 20 heavy (non-hydrogen) atoms. The molecule has 1 heterocycles. The van der Waals surface area contributed by atoms with E-state index in [9.17, 15) is 13.2 Å². The largest absolute Gasteiger partial charge is 0.295 e. The summed E-state index contributed by atoms with van der Waals surface area (Å²) >= 11 is 3.22. The van der Waals surface area contributed by atoms with Crippen molar-refractivity contribution in [3.8, 4) is 0 Å². The maximum atomic E-state index is 12.2. The van der Waals surface area contributed by atoms with Crippen LogP contribution in [-0.2, 0) is 10.0 Å². The second-order valence-corrected chi connectivity index (χ2v) is 6.56. The fraction of sp³-hybridized carbons (Fsp3) is 0.0769. The van der Waals surface area contributed by atoms with E-state index in [-0.39, 0.29) is 16.5 Å². The molecule has 0 atom stereocenters. The van der Waals surface area contributed by atoms with Crippen LogP contribution in [-0.4, -0.2) is 19.2 Å². The number of sulfonamides is 1. The minimum atomic E-state index is -3.73. The molecular formula is C13H11BrN2O3S. The van der Waals surface area contributed by atoms with Crippen molar-refractivity contribution in [1.82, 2.24) is 4.98 Å². The summed E-state index contributed by atoms with van der Waals surface area (Å²) in [7, 11) is -3.73. The third-order valence-corrected chi connectivity index (χ3v) is 4.56. The van der Waals surface area contributed by atoms with Gasteiger partial charge in [-0.2, -0.15) is 0 Å². The standard InChI is InChI=1S/C13H11BrN2O3S/c1-9(17)10-4-6-11(7-5-10)20(18,19)16-13-12(14)3-2-8-15-13/h2-8H,1H3,(H,15,16). The molecule has 0 saturated heterocycles. The minimum absolute atomic E-state index is 0.0695.